The van der Waals surface area contributed by atoms with Crippen molar-refractivity contribution in [2.75, 3.05) is 11.9 Å². The van der Waals surface area contributed by atoms with Crippen molar-refractivity contribution >= 4 is 34.3 Å². The van der Waals surface area contributed by atoms with E-state index in [0.717, 1.165) is 16.5 Å². The molecule has 0 aromatic heterocycles. The molecule has 4 aromatic carbocycles. The molecule has 0 saturated carbocycles. The van der Waals surface area contributed by atoms with Gasteiger partial charge in [0.2, 0.25) is 0 Å². The number of carbonyl (C=O) groups excluding carboxylic acids is 1. The molecule has 4 rings (SSSR count). The van der Waals surface area contributed by atoms with Gasteiger partial charge in [-0.2, -0.15) is 0 Å². The summed E-state index contributed by atoms with van der Waals surface area (Å²) in [6.45, 7) is 2.53. The van der Waals surface area contributed by atoms with Gasteiger partial charge in [0.05, 0.1) is 17.9 Å². The molecular weight excluding hydrogens is 388 g/mol. The van der Waals surface area contributed by atoms with Gasteiger partial charge in [-0.3, -0.25) is 9.79 Å². The van der Waals surface area contributed by atoms with Gasteiger partial charge >= 0.3 is 0 Å². The van der Waals surface area contributed by atoms with E-state index in [0.29, 0.717) is 23.5 Å². The highest BCUT2D eigenvalue weighted by atomic mass is 16.5. The van der Waals surface area contributed by atoms with E-state index in [1.165, 1.54) is 0 Å². The highest BCUT2D eigenvalue weighted by Gasteiger charge is 2.17. The molecule has 154 valence electrons. The number of amides is 1. The minimum atomic E-state index is -0.384. The molecule has 0 atom stereocenters. The number of para-hydroxylation sites is 1. The zero-order valence-corrected chi connectivity index (χ0v) is 17.1. The number of ether oxygens (including phenoxy) is 1. The van der Waals surface area contributed by atoms with E-state index in [-0.39, 0.29) is 17.2 Å². The van der Waals surface area contributed by atoms with Gasteiger partial charge in [-0.1, -0.05) is 42.5 Å². The fourth-order valence-corrected chi connectivity index (χ4v) is 3.32. The molecule has 1 amide bonds. The maximum Gasteiger partial charge on any atom is 0.259 e. The quantitative estimate of drug-likeness (QED) is 0.386. The van der Waals surface area contributed by atoms with Gasteiger partial charge in [-0.25, -0.2) is 0 Å². The molecule has 4 aromatic rings. The minimum Gasteiger partial charge on any atom is -0.506 e. The first-order valence-corrected chi connectivity index (χ1v) is 10.0. The Hall–Kier alpha value is -4.12. The molecule has 0 aliphatic carbocycles. The molecule has 0 bridgehead atoms. The topological polar surface area (TPSA) is 70.9 Å². The fraction of sp³-hybridized carbons (Fsp3) is 0.0769. The predicted molar refractivity (Wildman–Crippen MR) is 125 cm³/mol. The van der Waals surface area contributed by atoms with Crippen LogP contribution in [0.4, 0.5) is 11.4 Å². The van der Waals surface area contributed by atoms with Gasteiger partial charge in [-0.05, 0) is 60.2 Å². The van der Waals surface area contributed by atoms with Crippen LogP contribution in [0.15, 0.2) is 89.9 Å². The molecule has 31 heavy (non-hydrogen) atoms. The lowest BCUT2D eigenvalue weighted by Gasteiger charge is -2.12. The Morgan fingerprint density at radius 2 is 1.71 bits per heavy atom. The van der Waals surface area contributed by atoms with Crippen LogP contribution in [-0.4, -0.2) is 23.8 Å². The van der Waals surface area contributed by atoms with Crippen LogP contribution >= 0.6 is 0 Å². The molecule has 0 aliphatic rings. The van der Waals surface area contributed by atoms with Crippen molar-refractivity contribution in [1.82, 2.24) is 0 Å². The van der Waals surface area contributed by atoms with Crippen molar-refractivity contribution in [2.45, 2.75) is 6.92 Å². The molecule has 5 nitrogen and oxygen atoms in total. The average Bonchev–Trinajstić information content (AvgIpc) is 2.80. The molecule has 0 saturated heterocycles. The summed E-state index contributed by atoms with van der Waals surface area (Å²) in [4.78, 5) is 17.4. The van der Waals surface area contributed by atoms with Crippen LogP contribution in [-0.2, 0) is 0 Å². The van der Waals surface area contributed by atoms with E-state index in [1.807, 2.05) is 73.7 Å². The minimum absolute atomic E-state index is 0.109. The number of rotatable bonds is 6. The first-order valence-electron chi connectivity index (χ1n) is 10.0. The van der Waals surface area contributed by atoms with Crippen molar-refractivity contribution < 1.29 is 14.6 Å². The van der Waals surface area contributed by atoms with Crippen molar-refractivity contribution in [3.63, 3.8) is 0 Å². The number of hydrogen-bond acceptors (Lipinski definition) is 4. The molecule has 0 fully saturated rings. The largest absolute Gasteiger partial charge is 0.506 e. The molecule has 5 heteroatoms. The third-order valence-electron chi connectivity index (χ3n) is 4.83. The number of carbonyl (C=O) groups is 1. The number of nitrogens with one attached hydrogen (secondary N) is 1. The Labute approximate surface area is 180 Å². The Bertz CT molecular complexity index is 1230. The maximum absolute atomic E-state index is 12.9. The van der Waals surface area contributed by atoms with Crippen molar-refractivity contribution in [1.29, 1.82) is 0 Å². The van der Waals surface area contributed by atoms with Gasteiger partial charge in [0.1, 0.15) is 11.5 Å². The summed E-state index contributed by atoms with van der Waals surface area (Å²) >= 11 is 0. The van der Waals surface area contributed by atoms with Crippen LogP contribution in [0.25, 0.3) is 10.8 Å². The van der Waals surface area contributed by atoms with Gasteiger partial charge in [0, 0.05) is 17.5 Å². The number of phenols is 1. The van der Waals surface area contributed by atoms with E-state index in [4.69, 9.17) is 4.74 Å². The van der Waals surface area contributed by atoms with E-state index in [1.54, 1.807) is 24.4 Å². The Kier molecular flexibility index (Phi) is 5.94. The predicted octanol–water partition coefficient (Wildman–Crippen LogP) is 5.95. The van der Waals surface area contributed by atoms with Gasteiger partial charge in [0.25, 0.3) is 5.91 Å². The Morgan fingerprint density at radius 3 is 2.45 bits per heavy atom. The zero-order valence-electron chi connectivity index (χ0n) is 17.1. The first-order chi connectivity index (χ1) is 15.2. The molecule has 0 heterocycles. The van der Waals surface area contributed by atoms with Crippen LogP contribution < -0.4 is 10.1 Å². The first kappa shape index (κ1) is 20.2. The second-order valence-corrected chi connectivity index (χ2v) is 6.91. The van der Waals surface area contributed by atoms with E-state index < -0.39 is 0 Å². The molecular formula is C26H22N2O3. The summed E-state index contributed by atoms with van der Waals surface area (Å²) in [6.07, 6.45) is 1.59. The lowest BCUT2D eigenvalue weighted by atomic mass is 9.99. The summed E-state index contributed by atoms with van der Waals surface area (Å²) in [7, 11) is 0. The zero-order chi connectivity index (χ0) is 21.6. The second-order valence-electron chi connectivity index (χ2n) is 6.91. The molecule has 0 radical (unpaired) electrons. The van der Waals surface area contributed by atoms with Crippen LogP contribution in [0.2, 0.25) is 0 Å². The molecule has 2 N–H and O–H groups in total. The number of nitrogens with zero attached hydrogens (tertiary/aromatic N) is 1. The summed E-state index contributed by atoms with van der Waals surface area (Å²) in [5, 5.41) is 15.4. The lowest BCUT2D eigenvalue weighted by Crippen LogP contribution is -2.12. The monoisotopic (exact) mass is 410 g/mol. The van der Waals surface area contributed by atoms with Crippen molar-refractivity contribution in [2.24, 2.45) is 4.99 Å². The van der Waals surface area contributed by atoms with E-state index >= 15 is 0 Å². The average molecular weight is 410 g/mol. The number of anilines is 1. The number of aliphatic imine (C=N–C) groups is 1. The number of hydrogen-bond donors (Lipinski definition) is 2. The second kappa shape index (κ2) is 9.13. The van der Waals surface area contributed by atoms with Gasteiger partial charge < -0.3 is 15.2 Å². The summed E-state index contributed by atoms with van der Waals surface area (Å²) in [5.74, 6) is 0.279. The van der Waals surface area contributed by atoms with Crippen LogP contribution in [0, 0.1) is 0 Å². The number of phenolic OH excluding ortho intramolecular Hbond substituents is 1. The van der Waals surface area contributed by atoms with Crippen molar-refractivity contribution in [3.05, 3.63) is 96.1 Å². The highest BCUT2D eigenvalue weighted by molar-refractivity contribution is 6.13. The maximum atomic E-state index is 12.9. The van der Waals surface area contributed by atoms with Crippen LogP contribution in [0.3, 0.4) is 0 Å². The normalized spacial score (nSPS) is 11.0. The molecule has 0 spiro atoms. The van der Waals surface area contributed by atoms with Crippen molar-refractivity contribution in [3.8, 4) is 11.5 Å². The standard InChI is InChI=1S/C26H22N2O3/c1-2-31-21-14-12-19(13-15-21)27-17-24-22-11-7-6-8-18(22)16-23(25(24)29)26(30)28-20-9-4-3-5-10-20/h3-17,29H,2H2,1H3,(H,28,30). The summed E-state index contributed by atoms with van der Waals surface area (Å²) in [6, 6.07) is 25.8. The SMILES string of the molecule is CCOc1ccc(N=Cc2c(O)c(C(=O)Nc3ccccc3)cc3ccccc23)cc1. The third-order valence-corrected chi connectivity index (χ3v) is 4.83. The van der Waals surface area contributed by atoms with Gasteiger partial charge in [-0.15, -0.1) is 0 Å². The fourth-order valence-electron chi connectivity index (χ4n) is 3.32. The number of fused-ring (bicyclic) bond motifs is 1. The smallest absolute Gasteiger partial charge is 0.259 e. The molecule has 0 aliphatic heterocycles. The Morgan fingerprint density at radius 1 is 1.00 bits per heavy atom. The van der Waals surface area contributed by atoms with E-state index in [2.05, 4.69) is 10.3 Å². The van der Waals surface area contributed by atoms with Crippen LogP contribution in [0.1, 0.15) is 22.8 Å². The van der Waals surface area contributed by atoms with E-state index in [9.17, 15) is 9.90 Å². The van der Waals surface area contributed by atoms with Gasteiger partial charge in [0.15, 0.2) is 0 Å². The molecule has 0 unspecified atom stereocenters. The third kappa shape index (κ3) is 4.56. The number of benzene rings is 4. The number of aromatic hydroxyl groups is 1. The lowest BCUT2D eigenvalue weighted by molar-refractivity contribution is 0.102. The summed E-state index contributed by atoms with van der Waals surface area (Å²) in [5.41, 5.74) is 2.05. The highest BCUT2D eigenvalue weighted by Crippen LogP contribution is 2.31. The Balaban J connectivity index is 1.71. The van der Waals surface area contributed by atoms with Crippen LogP contribution in [0.5, 0.6) is 11.5 Å². The summed E-state index contributed by atoms with van der Waals surface area (Å²) < 4.78 is 5.45.